The first-order valence-corrected chi connectivity index (χ1v) is 6.84. The van der Waals surface area contributed by atoms with Gasteiger partial charge in [-0.25, -0.2) is 4.79 Å². The molecule has 4 nitrogen and oxygen atoms in total. The van der Waals surface area contributed by atoms with E-state index in [9.17, 15) is 9.90 Å². The second-order valence-electron chi connectivity index (χ2n) is 4.97. The van der Waals surface area contributed by atoms with Crippen LogP contribution >= 0.6 is 0 Å². The van der Waals surface area contributed by atoms with Gasteiger partial charge in [-0.1, -0.05) is 37.3 Å². The van der Waals surface area contributed by atoms with E-state index in [4.69, 9.17) is 4.74 Å². The van der Waals surface area contributed by atoms with E-state index in [-0.39, 0.29) is 12.7 Å². The van der Waals surface area contributed by atoms with Crippen LogP contribution in [0.1, 0.15) is 31.7 Å². The second-order valence-corrected chi connectivity index (χ2v) is 4.97. The highest BCUT2D eigenvalue weighted by Gasteiger charge is 2.41. The van der Waals surface area contributed by atoms with Crippen LogP contribution in [0.2, 0.25) is 0 Å². The molecule has 1 saturated carbocycles. The Bertz CT molecular complexity index is 417. The number of nitrogens with one attached hydrogen (secondary N) is 1. The molecule has 2 rings (SSSR count). The smallest absolute Gasteiger partial charge is 0.331 e. The SMILES string of the molecule is CCNC(COC1CCC1)(C(=O)O)c1ccccc1. The van der Waals surface area contributed by atoms with E-state index in [0.717, 1.165) is 18.4 Å². The molecule has 0 saturated heterocycles. The number of carbonyl (C=O) groups is 1. The lowest BCUT2D eigenvalue weighted by Crippen LogP contribution is -2.53. The van der Waals surface area contributed by atoms with Crippen LogP contribution in [-0.2, 0) is 15.1 Å². The van der Waals surface area contributed by atoms with Crippen molar-refractivity contribution in [2.24, 2.45) is 0 Å². The molecule has 1 fully saturated rings. The summed E-state index contributed by atoms with van der Waals surface area (Å²) in [5.41, 5.74) is -0.408. The van der Waals surface area contributed by atoms with Gasteiger partial charge < -0.3 is 9.84 Å². The van der Waals surface area contributed by atoms with Gasteiger partial charge in [0.15, 0.2) is 5.54 Å². The third-order valence-corrected chi connectivity index (χ3v) is 3.70. The molecule has 1 atom stereocenters. The summed E-state index contributed by atoms with van der Waals surface area (Å²) >= 11 is 0. The van der Waals surface area contributed by atoms with E-state index in [1.807, 2.05) is 37.3 Å². The Kier molecular flexibility index (Phi) is 4.56. The van der Waals surface area contributed by atoms with Crippen LogP contribution in [0, 0.1) is 0 Å². The van der Waals surface area contributed by atoms with Crippen molar-refractivity contribution in [1.82, 2.24) is 5.32 Å². The average molecular weight is 263 g/mol. The number of ether oxygens (including phenoxy) is 1. The standard InChI is InChI=1S/C15H21NO3/c1-2-16-15(14(17)18,11-19-13-9-6-10-13)12-7-4-3-5-8-12/h3-5,7-8,13,16H,2,6,9-11H2,1H3,(H,17,18). The number of aliphatic carboxylic acids is 1. The highest BCUT2D eigenvalue weighted by atomic mass is 16.5. The van der Waals surface area contributed by atoms with Crippen molar-refractivity contribution < 1.29 is 14.6 Å². The van der Waals surface area contributed by atoms with Crippen molar-refractivity contribution in [3.63, 3.8) is 0 Å². The van der Waals surface area contributed by atoms with Gasteiger partial charge in [0.25, 0.3) is 0 Å². The maximum Gasteiger partial charge on any atom is 0.331 e. The van der Waals surface area contributed by atoms with Gasteiger partial charge in [0.1, 0.15) is 0 Å². The van der Waals surface area contributed by atoms with E-state index in [2.05, 4.69) is 5.32 Å². The van der Waals surface area contributed by atoms with Gasteiger partial charge in [-0.15, -0.1) is 0 Å². The lowest BCUT2D eigenvalue weighted by atomic mass is 9.89. The van der Waals surface area contributed by atoms with Crippen LogP contribution in [0.4, 0.5) is 0 Å². The Morgan fingerprint density at radius 2 is 2.11 bits per heavy atom. The average Bonchev–Trinajstić information content (AvgIpc) is 2.36. The molecule has 1 unspecified atom stereocenters. The molecule has 1 aromatic rings. The first kappa shape index (κ1) is 14.0. The fourth-order valence-corrected chi connectivity index (χ4v) is 2.30. The molecule has 2 N–H and O–H groups in total. The Morgan fingerprint density at radius 1 is 1.42 bits per heavy atom. The Balaban J connectivity index is 2.21. The quantitative estimate of drug-likeness (QED) is 0.791. The number of carboxylic acid groups (broad SMARTS) is 1. The minimum Gasteiger partial charge on any atom is -0.480 e. The molecule has 4 heteroatoms. The summed E-state index contributed by atoms with van der Waals surface area (Å²) in [5.74, 6) is -0.889. The minimum absolute atomic E-state index is 0.171. The molecular formula is C15H21NO3. The molecule has 0 spiro atoms. The maximum atomic E-state index is 11.8. The van der Waals surface area contributed by atoms with E-state index in [1.54, 1.807) is 0 Å². The first-order chi connectivity index (χ1) is 9.19. The van der Waals surface area contributed by atoms with Crippen molar-refractivity contribution >= 4 is 5.97 Å². The van der Waals surface area contributed by atoms with Gasteiger partial charge in [-0.2, -0.15) is 0 Å². The van der Waals surface area contributed by atoms with Crippen molar-refractivity contribution in [2.45, 2.75) is 37.8 Å². The highest BCUT2D eigenvalue weighted by molar-refractivity contribution is 5.81. The highest BCUT2D eigenvalue weighted by Crippen LogP contribution is 2.27. The van der Waals surface area contributed by atoms with E-state index in [0.29, 0.717) is 6.54 Å². The predicted molar refractivity (Wildman–Crippen MR) is 73.0 cm³/mol. The molecule has 0 aromatic heterocycles. The number of hydrogen-bond donors (Lipinski definition) is 2. The van der Waals surface area contributed by atoms with Crippen LogP contribution in [0.5, 0.6) is 0 Å². The fraction of sp³-hybridized carbons (Fsp3) is 0.533. The molecule has 0 bridgehead atoms. The summed E-state index contributed by atoms with van der Waals surface area (Å²) in [6, 6.07) is 9.26. The largest absolute Gasteiger partial charge is 0.480 e. The normalized spacial score (nSPS) is 18.6. The number of benzene rings is 1. The summed E-state index contributed by atoms with van der Waals surface area (Å²) < 4.78 is 5.77. The topological polar surface area (TPSA) is 58.6 Å². The number of carboxylic acids is 1. The van der Waals surface area contributed by atoms with Gasteiger partial charge >= 0.3 is 5.97 Å². The molecule has 0 radical (unpaired) electrons. The van der Waals surface area contributed by atoms with Crippen molar-refractivity contribution in [3.8, 4) is 0 Å². The molecule has 1 aliphatic carbocycles. The lowest BCUT2D eigenvalue weighted by molar-refractivity contribution is -0.150. The van der Waals surface area contributed by atoms with Crippen LogP contribution in [0.3, 0.4) is 0 Å². The number of likely N-dealkylation sites (N-methyl/N-ethyl adjacent to an activating group) is 1. The lowest BCUT2D eigenvalue weighted by Gasteiger charge is -2.34. The summed E-state index contributed by atoms with van der Waals surface area (Å²) in [6.45, 7) is 2.66. The Labute approximate surface area is 113 Å². The predicted octanol–water partition coefficient (Wildman–Crippen LogP) is 2.15. The zero-order chi connectivity index (χ0) is 13.7. The zero-order valence-electron chi connectivity index (χ0n) is 11.3. The monoisotopic (exact) mass is 263 g/mol. The third-order valence-electron chi connectivity index (χ3n) is 3.70. The molecule has 0 heterocycles. The summed E-state index contributed by atoms with van der Waals surface area (Å²) in [5, 5.41) is 12.8. The van der Waals surface area contributed by atoms with Crippen molar-refractivity contribution in [1.29, 1.82) is 0 Å². The molecular weight excluding hydrogens is 242 g/mol. The van der Waals surface area contributed by atoms with Gasteiger partial charge in [0, 0.05) is 0 Å². The Morgan fingerprint density at radius 3 is 2.58 bits per heavy atom. The first-order valence-electron chi connectivity index (χ1n) is 6.84. The van der Waals surface area contributed by atoms with Gasteiger partial charge in [-0.3, -0.25) is 5.32 Å². The van der Waals surface area contributed by atoms with Crippen molar-refractivity contribution in [2.75, 3.05) is 13.2 Å². The van der Waals surface area contributed by atoms with Crippen LogP contribution in [0.15, 0.2) is 30.3 Å². The third kappa shape index (κ3) is 2.96. The summed E-state index contributed by atoms with van der Waals surface area (Å²) in [7, 11) is 0. The molecule has 1 aromatic carbocycles. The minimum atomic E-state index is -1.15. The van der Waals surface area contributed by atoms with Crippen LogP contribution in [-0.4, -0.2) is 30.3 Å². The second kappa shape index (κ2) is 6.17. The maximum absolute atomic E-state index is 11.8. The van der Waals surface area contributed by atoms with Gasteiger partial charge in [-0.05, 0) is 31.4 Å². The molecule has 104 valence electrons. The van der Waals surface area contributed by atoms with E-state index >= 15 is 0 Å². The van der Waals surface area contributed by atoms with Crippen LogP contribution < -0.4 is 5.32 Å². The summed E-state index contributed by atoms with van der Waals surface area (Å²) in [6.07, 6.45) is 3.48. The van der Waals surface area contributed by atoms with Crippen LogP contribution in [0.25, 0.3) is 0 Å². The van der Waals surface area contributed by atoms with Gasteiger partial charge in [0.05, 0.1) is 12.7 Å². The molecule has 19 heavy (non-hydrogen) atoms. The van der Waals surface area contributed by atoms with Gasteiger partial charge in [0.2, 0.25) is 0 Å². The molecule has 0 aliphatic heterocycles. The number of rotatable bonds is 7. The summed E-state index contributed by atoms with van der Waals surface area (Å²) in [4.78, 5) is 11.8. The fourth-order valence-electron chi connectivity index (χ4n) is 2.30. The molecule has 1 aliphatic rings. The zero-order valence-corrected chi connectivity index (χ0v) is 11.3. The Hall–Kier alpha value is -1.39. The van der Waals surface area contributed by atoms with E-state index in [1.165, 1.54) is 6.42 Å². The van der Waals surface area contributed by atoms with Crippen molar-refractivity contribution in [3.05, 3.63) is 35.9 Å². The number of hydrogen-bond acceptors (Lipinski definition) is 3. The van der Waals surface area contributed by atoms with E-state index < -0.39 is 11.5 Å². The molecule has 0 amide bonds.